The molecule has 0 amide bonds. The second kappa shape index (κ2) is 11.0. The number of hydrogen-bond donors (Lipinski definition) is 2. The second-order valence-electron chi connectivity index (χ2n) is 8.06. The molecule has 1 heterocycles. The second-order valence-corrected chi connectivity index (χ2v) is 8.92. The summed E-state index contributed by atoms with van der Waals surface area (Å²) in [6.07, 6.45) is -0.539. The molecule has 35 heavy (non-hydrogen) atoms. The van der Waals surface area contributed by atoms with Gasteiger partial charge in [-0.1, -0.05) is 60.1 Å². The van der Waals surface area contributed by atoms with Crippen molar-refractivity contribution in [2.24, 2.45) is 5.73 Å². The van der Waals surface area contributed by atoms with E-state index in [4.69, 9.17) is 39.0 Å². The summed E-state index contributed by atoms with van der Waals surface area (Å²) in [4.78, 5) is 17.2. The molecule has 3 aromatic carbocycles. The number of ether oxygens (including phenoxy) is 2. The molecule has 4 aromatic rings. The summed E-state index contributed by atoms with van der Waals surface area (Å²) in [5.41, 5.74) is 10.5. The minimum atomic E-state index is -0.539. The quantitative estimate of drug-likeness (QED) is 0.255. The van der Waals surface area contributed by atoms with Crippen molar-refractivity contribution in [1.82, 2.24) is 9.88 Å². The Morgan fingerprint density at radius 2 is 1.66 bits per heavy atom. The maximum Gasteiger partial charge on any atom is 0.249 e. The van der Waals surface area contributed by atoms with Crippen LogP contribution in [0.4, 0.5) is 0 Å². The standard InChI is InChI=1S/C27H26ClN3O3S/c1-33-25(34-2)16-31(27(29)35)26(18-8-11-20(28)12-9-18)19-10-13-23-22(14-19)21(15-24(32)30-23)17-6-4-3-5-7-17/h3-15,25-26H,16H2,1-2H3,(H2,29,35)(H,30,32). The number of aromatic nitrogens is 1. The molecule has 0 spiro atoms. The third-order valence-corrected chi connectivity index (χ3v) is 6.41. The third-order valence-electron chi connectivity index (χ3n) is 5.92. The first kappa shape index (κ1) is 24.9. The fraction of sp³-hybridized carbons (Fsp3) is 0.185. The van der Waals surface area contributed by atoms with Crippen LogP contribution in [0.1, 0.15) is 17.2 Å². The van der Waals surface area contributed by atoms with Crippen molar-refractivity contribution in [1.29, 1.82) is 0 Å². The molecule has 0 aliphatic carbocycles. The number of nitrogens with zero attached hydrogens (tertiary/aromatic N) is 1. The fourth-order valence-electron chi connectivity index (χ4n) is 4.22. The Bertz CT molecular complexity index is 1370. The summed E-state index contributed by atoms with van der Waals surface area (Å²) in [7, 11) is 3.14. The first-order chi connectivity index (χ1) is 16.9. The van der Waals surface area contributed by atoms with Gasteiger partial charge in [-0.2, -0.15) is 0 Å². The number of rotatable bonds is 8. The Morgan fingerprint density at radius 3 is 2.29 bits per heavy atom. The van der Waals surface area contributed by atoms with Gasteiger partial charge in [0.1, 0.15) is 0 Å². The monoisotopic (exact) mass is 507 g/mol. The Hall–Kier alpha value is -3.23. The SMILES string of the molecule is COC(CN(C(N)=S)C(c1ccc(Cl)cc1)c1ccc2[nH]c(=O)cc(-c3ccccc3)c2c1)OC. The predicted octanol–water partition coefficient (Wildman–Crippen LogP) is 5.10. The number of H-pyrrole nitrogens is 1. The van der Waals surface area contributed by atoms with Gasteiger partial charge in [0.15, 0.2) is 11.4 Å². The van der Waals surface area contributed by atoms with E-state index in [-0.39, 0.29) is 16.7 Å². The van der Waals surface area contributed by atoms with Crippen LogP contribution in [0.2, 0.25) is 5.02 Å². The van der Waals surface area contributed by atoms with E-state index in [2.05, 4.69) is 11.1 Å². The van der Waals surface area contributed by atoms with Crippen molar-refractivity contribution in [3.8, 4) is 11.1 Å². The van der Waals surface area contributed by atoms with E-state index < -0.39 is 6.29 Å². The lowest BCUT2D eigenvalue weighted by Gasteiger charge is -2.35. The summed E-state index contributed by atoms with van der Waals surface area (Å²) >= 11 is 11.6. The summed E-state index contributed by atoms with van der Waals surface area (Å²) < 4.78 is 10.9. The maximum atomic E-state index is 12.4. The van der Waals surface area contributed by atoms with Crippen molar-refractivity contribution < 1.29 is 9.47 Å². The molecule has 0 fully saturated rings. The van der Waals surface area contributed by atoms with Crippen molar-refractivity contribution in [2.75, 3.05) is 20.8 Å². The molecule has 0 radical (unpaired) electrons. The zero-order valence-corrected chi connectivity index (χ0v) is 21.0. The fourth-order valence-corrected chi connectivity index (χ4v) is 4.53. The molecule has 4 rings (SSSR count). The molecular weight excluding hydrogens is 482 g/mol. The van der Waals surface area contributed by atoms with Crippen LogP contribution in [0, 0.1) is 0 Å². The zero-order valence-electron chi connectivity index (χ0n) is 19.4. The van der Waals surface area contributed by atoms with E-state index in [1.807, 2.05) is 71.6 Å². The van der Waals surface area contributed by atoms with Gasteiger partial charge in [0.2, 0.25) is 5.56 Å². The topological polar surface area (TPSA) is 80.6 Å². The average Bonchev–Trinajstić information content (AvgIpc) is 2.87. The molecule has 0 aliphatic heterocycles. The van der Waals surface area contributed by atoms with Crippen molar-refractivity contribution in [3.05, 3.63) is 105 Å². The Balaban J connectivity index is 1.93. The Labute approximate surface area is 214 Å². The molecular formula is C27H26ClN3O3S. The average molecular weight is 508 g/mol. The van der Waals surface area contributed by atoms with Gasteiger partial charge in [-0.05, 0) is 58.7 Å². The number of benzene rings is 3. The van der Waals surface area contributed by atoms with Gasteiger partial charge in [-0.15, -0.1) is 0 Å². The predicted molar refractivity (Wildman–Crippen MR) is 145 cm³/mol. The van der Waals surface area contributed by atoms with Gasteiger partial charge in [0.05, 0.1) is 12.6 Å². The number of fused-ring (bicyclic) bond motifs is 1. The van der Waals surface area contributed by atoms with Gasteiger partial charge in [-0.25, -0.2) is 0 Å². The first-order valence-electron chi connectivity index (χ1n) is 11.0. The molecule has 1 atom stereocenters. The van der Waals surface area contributed by atoms with Gasteiger partial charge in [0, 0.05) is 36.2 Å². The number of nitrogens with two attached hydrogens (primary N) is 1. The summed E-state index contributed by atoms with van der Waals surface area (Å²) in [5.74, 6) is 0. The number of nitrogens with one attached hydrogen (secondary N) is 1. The molecule has 3 N–H and O–H groups in total. The number of aromatic amines is 1. The smallest absolute Gasteiger partial charge is 0.249 e. The lowest BCUT2D eigenvalue weighted by atomic mass is 9.93. The van der Waals surface area contributed by atoms with Gasteiger partial charge in [-0.3, -0.25) is 4.79 Å². The van der Waals surface area contributed by atoms with Crippen molar-refractivity contribution >= 4 is 39.8 Å². The molecule has 0 saturated carbocycles. The lowest BCUT2D eigenvalue weighted by molar-refractivity contribution is -0.111. The highest BCUT2D eigenvalue weighted by molar-refractivity contribution is 7.80. The Morgan fingerprint density at radius 1 is 1.00 bits per heavy atom. The lowest BCUT2D eigenvalue weighted by Crippen LogP contribution is -2.44. The van der Waals surface area contributed by atoms with Gasteiger partial charge >= 0.3 is 0 Å². The summed E-state index contributed by atoms with van der Waals surface area (Å²) in [6, 6.07) is 24.6. The van der Waals surface area contributed by atoms with Crippen LogP contribution in [-0.2, 0) is 9.47 Å². The van der Waals surface area contributed by atoms with Crippen LogP contribution in [0.15, 0.2) is 83.7 Å². The van der Waals surface area contributed by atoms with E-state index in [1.165, 1.54) is 0 Å². The van der Waals surface area contributed by atoms with Crippen molar-refractivity contribution in [2.45, 2.75) is 12.3 Å². The Kier molecular flexibility index (Phi) is 7.83. The number of hydrogen-bond acceptors (Lipinski definition) is 4. The minimum absolute atomic E-state index is 0.161. The number of pyridine rings is 1. The molecule has 0 aliphatic rings. The molecule has 1 aromatic heterocycles. The summed E-state index contributed by atoms with van der Waals surface area (Å²) in [5, 5.41) is 1.74. The molecule has 0 bridgehead atoms. The highest BCUT2D eigenvalue weighted by Crippen LogP contribution is 2.34. The molecule has 0 saturated heterocycles. The normalized spacial score (nSPS) is 12.1. The van der Waals surface area contributed by atoms with Crippen LogP contribution < -0.4 is 11.3 Å². The highest BCUT2D eigenvalue weighted by atomic mass is 35.5. The first-order valence-corrected chi connectivity index (χ1v) is 11.8. The van der Waals surface area contributed by atoms with Gasteiger partial charge < -0.3 is 25.1 Å². The van der Waals surface area contributed by atoms with E-state index in [0.29, 0.717) is 11.6 Å². The van der Waals surface area contributed by atoms with Crippen LogP contribution in [0.3, 0.4) is 0 Å². The van der Waals surface area contributed by atoms with Crippen LogP contribution in [-0.4, -0.2) is 42.1 Å². The van der Waals surface area contributed by atoms with Crippen LogP contribution in [0.5, 0.6) is 0 Å². The van der Waals surface area contributed by atoms with E-state index in [0.717, 1.165) is 33.2 Å². The largest absolute Gasteiger partial charge is 0.376 e. The molecule has 6 nitrogen and oxygen atoms in total. The number of methoxy groups -OCH3 is 2. The van der Waals surface area contributed by atoms with Crippen LogP contribution >= 0.6 is 23.8 Å². The van der Waals surface area contributed by atoms with Crippen molar-refractivity contribution in [3.63, 3.8) is 0 Å². The molecule has 180 valence electrons. The molecule has 8 heteroatoms. The highest BCUT2D eigenvalue weighted by Gasteiger charge is 2.27. The van der Waals surface area contributed by atoms with Crippen LogP contribution in [0.25, 0.3) is 22.0 Å². The van der Waals surface area contributed by atoms with E-state index in [9.17, 15) is 4.79 Å². The zero-order chi connectivity index (χ0) is 24.9. The number of halogens is 1. The number of thiocarbonyl (C=S) groups is 1. The maximum absolute atomic E-state index is 12.4. The third kappa shape index (κ3) is 5.55. The minimum Gasteiger partial charge on any atom is -0.376 e. The van der Waals surface area contributed by atoms with Gasteiger partial charge in [0.25, 0.3) is 0 Å². The van der Waals surface area contributed by atoms with E-state index >= 15 is 0 Å². The molecule has 1 unspecified atom stereocenters. The summed E-state index contributed by atoms with van der Waals surface area (Å²) in [6.45, 7) is 0.310. The van der Waals surface area contributed by atoms with E-state index in [1.54, 1.807) is 20.3 Å².